The molecule has 0 aliphatic carbocycles. The molecular formula is C20H22N2O5. The Morgan fingerprint density at radius 3 is 2.11 bits per heavy atom. The predicted molar refractivity (Wildman–Crippen MR) is 101 cm³/mol. The van der Waals surface area contributed by atoms with E-state index in [-0.39, 0.29) is 24.3 Å². The van der Waals surface area contributed by atoms with E-state index < -0.39 is 0 Å². The number of carbonyl (C=O) groups is 2. The van der Waals surface area contributed by atoms with Crippen LogP contribution in [0.25, 0.3) is 0 Å². The SMILES string of the molecule is COc1ccc(N2CC(NC(=O)c3cc(OC)cc(OC)c3)CC2=O)cc1. The summed E-state index contributed by atoms with van der Waals surface area (Å²) in [5.41, 5.74) is 1.20. The Balaban J connectivity index is 1.69. The lowest BCUT2D eigenvalue weighted by molar-refractivity contribution is -0.117. The monoisotopic (exact) mass is 370 g/mol. The smallest absolute Gasteiger partial charge is 0.251 e. The van der Waals surface area contributed by atoms with E-state index in [1.54, 1.807) is 42.3 Å². The third-order valence-corrected chi connectivity index (χ3v) is 4.46. The minimum Gasteiger partial charge on any atom is -0.497 e. The van der Waals surface area contributed by atoms with Crippen LogP contribution in [0.15, 0.2) is 42.5 Å². The number of anilines is 1. The Morgan fingerprint density at radius 1 is 0.963 bits per heavy atom. The van der Waals surface area contributed by atoms with Crippen molar-refractivity contribution in [1.29, 1.82) is 0 Å². The molecule has 27 heavy (non-hydrogen) atoms. The van der Waals surface area contributed by atoms with Crippen LogP contribution < -0.4 is 24.4 Å². The third-order valence-electron chi connectivity index (χ3n) is 4.46. The first-order chi connectivity index (χ1) is 13.0. The van der Waals surface area contributed by atoms with E-state index in [1.165, 1.54) is 14.2 Å². The number of hydrogen-bond acceptors (Lipinski definition) is 5. The number of benzene rings is 2. The van der Waals surface area contributed by atoms with Gasteiger partial charge in [-0.1, -0.05) is 0 Å². The molecule has 7 nitrogen and oxygen atoms in total. The molecule has 1 fully saturated rings. The van der Waals surface area contributed by atoms with Crippen molar-refractivity contribution in [2.24, 2.45) is 0 Å². The molecule has 0 bridgehead atoms. The van der Waals surface area contributed by atoms with Crippen molar-refractivity contribution in [1.82, 2.24) is 5.32 Å². The summed E-state index contributed by atoms with van der Waals surface area (Å²) in [5.74, 6) is 1.47. The second-order valence-electron chi connectivity index (χ2n) is 6.18. The van der Waals surface area contributed by atoms with E-state index in [4.69, 9.17) is 14.2 Å². The van der Waals surface area contributed by atoms with Crippen molar-refractivity contribution in [2.45, 2.75) is 12.5 Å². The Hall–Kier alpha value is -3.22. The van der Waals surface area contributed by atoms with Gasteiger partial charge in [-0.25, -0.2) is 0 Å². The van der Waals surface area contributed by atoms with Gasteiger partial charge in [0.05, 0.1) is 27.4 Å². The first-order valence-electron chi connectivity index (χ1n) is 8.52. The first-order valence-corrected chi connectivity index (χ1v) is 8.52. The van der Waals surface area contributed by atoms with Crippen LogP contribution in [0, 0.1) is 0 Å². The molecule has 1 N–H and O–H groups in total. The number of carbonyl (C=O) groups excluding carboxylic acids is 2. The van der Waals surface area contributed by atoms with Gasteiger partial charge in [-0.3, -0.25) is 9.59 Å². The van der Waals surface area contributed by atoms with Gasteiger partial charge in [0.15, 0.2) is 0 Å². The van der Waals surface area contributed by atoms with Crippen LogP contribution in [0.1, 0.15) is 16.8 Å². The Labute approximate surface area is 157 Å². The van der Waals surface area contributed by atoms with Crippen molar-refractivity contribution in [3.63, 3.8) is 0 Å². The van der Waals surface area contributed by atoms with Gasteiger partial charge in [0, 0.05) is 30.3 Å². The molecule has 2 aromatic rings. The molecule has 1 aliphatic heterocycles. The maximum absolute atomic E-state index is 12.6. The van der Waals surface area contributed by atoms with Gasteiger partial charge in [-0.15, -0.1) is 0 Å². The highest BCUT2D eigenvalue weighted by Crippen LogP contribution is 2.25. The molecule has 1 heterocycles. The quantitative estimate of drug-likeness (QED) is 0.844. The van der Waals surface area contributed by atoms with Gasteiger partial charge < -0.3 is 24.4 Å². The van der Waals surface area contributed by atoms with Crippen LogP contribution >= 0.6 is 0 Å². The Morgan fingerprint density at radius 2 is 1.56 bits per heavy atom. The van der Waals surface area contributed by atoms with Gasteiger partial charge in [0.1, 0.15) is 17.2 Å². The largest absolute Gasteiger partial charge is 0.497 e. The van der Waals surface area contributed by atoms with Crippen molar-refractivity contribution in [2.75, 3.05) is 32.8 Å². The van der Waals surface area contributed by atoms with Crippen LogP contribution in [0.5, 0.6) is 17.2 Å². The van der Waals surface area contributed by atoms with Crippen LogP contribution in [-0.2, 0) is 4.79 Å². The predicted octanol–water partition coefficient (Wildman–Crippen LogP) is 2.25. The summed E-state index contributed by atoms with van der Waals surface area (Å²) in [5, 5.41) is 2.91. The van der Waals surface area contributed by atoms with Gasteiger partial charge in [-0.2, -0.15) is 0 Å². The minimum atomic E-state index is -0.276. The second kappa shape index (κ2) is 7.99. The van der Waals surface area contributed by atoms with Crippen LogP contribution in [0.3, 0.4) is 0 Å². The average molecular weight is 370 g/mol. The average Bonchev–Trinajstić information content (AvgIpc) is 3.07. The number of rotatable bonds is 6. The summed E-state index contributed by atoms with van der Waals surface area (Å²) in [4.78, 5) is 26.6. The zero-order valence-corrected chi connectivity index (χ0v) is 15.5. The maximum atomic E-state index is 12.6. The van der Waals surface area contributed by atoms with Crippen LogP contribution in [-0.4, -0.2) is 45.7 Å². The third kappa shape index (κ3) is 4.13. The van der Waals surface area contributed by atoms with Gasteiger partial charge in [0.2, 0.25) is 5.91 Å². The van der Waals surface area contributed by atoms with Crippen molar-refractivity contribution in [3.05, 3.63) is 48.0 Å². The molecule has 7 heteroatoms. The van der Waals surface area contributed by atoms with E-state index >= 15 is 0 Å². The summed E-state index contributed by atoms with van der Waals surface area (Å²) in [6, 6.07) is 12.0. The highest BCUT2D eigenvalue weighted by Gasteiger charge is 2.31. The Kier molecular flexibility index (Phi) is 5.49. The number of nitrogens with zero attached hydrogens (tertiary/aromatic N) is 1. The van der Waals surface area contributed by atoms with Gasteiger partial charge in [-0.05, 0) is 36.4 Å². The molecule has 2 amide bonds. The Bertz CT molecular complexity index is 813. The van der Waals surface area contributed by atoms with Crippen molar-refractivity contribution in [3.8, 4) is 17.2 Å². The van der Waals surface area contributed by atoms with Gasteiger partial charge in [0.25, 0.3) is 5.91 Å². The van der Waals surface area contributed by atoms with Crippen LogP contribution in [0.2, 0.25) is 0 Å². The fourth-order valence-corrected chi connectivity index (χ4v) is 3.02. The number of ether oxygens (including phenoxy) is 3. The molecule has 1 saturated heterocycles. The number of nitrogens with one attached hydrogen (secondary N) is 1. The number of amides is 2. The molecule has 142 valence electrons. The molecular weight excluding hydrogens is 348 g/mol. The summed E-state index contributed by atoms with van der Waals surface area (Å²) in [6.45, 7) is 0.415. The fraction of sp³-hybridized carbons (Fsp3) is 0.300. The van der Waals surface area contributed by atoms with Crippen molar-refractivity contribution >= 4 is 17.5 Å². The second-order valence-corrected chi connectivity index (χ2v) is 6.18. The normalized spacial score (nSPS) is 16.2. The molecule has 2 aromatic carbocycles. The topological polar surface area (TPSA) is 77.1 Å². The zero-order chi connectivity index (χ0) is 19.4. The molecule has 3 rings (SSSR count). The lowest BCUT2D eigenvalue weighted by Crippen LogP contribution is -2.37. The molecule has 1 atom stereocenters. The number of hydrogen-bond donors (Lipinski definition) is 1. The summed E-state index contributed by atoms with van der Waals surface area (Å²) in [6.07, 6.45) is 0.249. The number of methoxy groups -OCH3 is 3. The van der Waals surface area contributed by atoms with E-state index in [0.29, 0.717) is 23.6 Å². The van der Waals surface area contributed by atoms with E-state index in [9.17, 15) is 9.59 Å². The molecule has 0 saturated carbocycles. The summed E-state index contributed by atoms with van der Waals surface area (Å²) < 4.78 is 15.5. The fourth-order valence-electron chi connectivity index (χ4n) is 3.02. The molecule has 1 unspecified atom stereocenters. The standard InChI is InChI=1S/C20H22N2O5/c1-25-16-6-4-15(5-7-16)22-12-14(10-19(22)23)21-20(24)13-8-17(26-2)11-18(9-13)27-3/h4-9,11,14H,10,12H2,1-3H3,(H,21,24). The first kappa shape index (κ1) is 18.6. The van der Waals surface area contributed by atoms with Gasteiger partial charge >= 0.3 is 0 Å². The highest BCUT2D eigenvalue weighted by atomic mass is 16.5. The van der Waals surface area contributed by atoms with Crippen molar-refractivity contribution < 1.29 is 23.8 Å². The lowest BCUT2D eigenvalue weighted by atomic mass is 10.1. The van der Waals surface area contributed by atoms with E-state index in [1.807, 2.05) is 12.1 Å². The molecule has 0 radical (unpaired) electrons. The summed E-state index contributed by atoms with van der Waals surface area (Å²) >= 11 is 0. The maximum Gasteiger partial charge on any atom is 0.251 e. The molecule has 1 aliphatic rings. The zero-order valence-electron chi connectivity index (χ0n) is 15.5. The minimum absolute atomic E-state index is 0.0336. The summed E-state index contributed by atoms with van der Waals surface area (Å²) in [7, 11) is 4.65. The lowest BCUT2D eigenvalue weighted by Gasteiger charge is -2.18. The van der Waals surface area contributed by atoms with E-state index in [2.05, 4.69) is 5.32 Å². The van der Waals surface area contributed by atoms with E-state index in [0.717, 1.165) is 11.4 Å². The molecule has 0 aromatic heterocycles. The van der Waals surface area contributed by atoms with Crippen LogP contribution in [0.4, 0.5) is 5.69 Å². The molecule has 0 spiro atoms. The highest BCUT2D eigenvalue weighted by molar-refractivity contribution is 5.99.